The number of likely N-dealkylation sites (N-methyl/N-ethyl adjacent to an activating group) is 1. The van der Waals surface area contributed by atoms with Crippen molar-refractivity contribution in [3.8, 4) is 5.75 Å². The van der Waals surface area contributed by atoms with Crippen LogP contribution in [-0.2, 0) is 26.0 Å². The Morgan fingerprint density at radius 3 is 2.31 bits per heavy atom. The molecule has 0 aliphatic carbocycles. The number of nitrogens with one attached hydrogen (secondary N) is 1. The van der Waals surface area contributed by atoms with Gasteiger partial charge in [-0.25, -0.2) is 16.8 Å². The summed E-state index contributed by atoms with van der Waals surface area (Å²) in [6, 6.07) is 12.6. The van der Waals surface area contributed by atoms with Crippen molar-refractivity contribution in [2.24, 2.45) is 0 Å². The highest BCUT2D eigenvalue weighted by molar-refractivity contribution is 7.96. The van der Waals surface area contributed by atoms with Gasteiger partial charge >= 0.3 is 6.18 Å². The van der Waals surface area contributed by atoms with E-state index in [1.807, 2.05) is 11.9 Å². The molecule has 1 unspecified atom stereocenters. The number of likely N-dealkylation sites (tertiary alicyclic amines) is 1. The van der Waals surface area contributed by atoms with Crippen molar-refractivity contribution in [2.75, 3.05) is 24.9 Å². The Hall–Kier alpha value is -2.61. The summed E-state index contributed by atoms with van der Waals surface area (Å²) in [5, 5.41) is 0. The summed E-state index contributed by atoms with van der Waals surface area (Å²) < 4.78 is 99.2. The molecule has 7 nitrogen and oxygen atoms in total. The van der Waals surface area contributed by atoms with E-state index in [0.29, 0.717) is 30.8 Å². The number of hydrogen-bond acceptors (Lipinski definition) is 7. The van der Waals surface area contributed by atoms with Crippen LogP contribution in [0.25, 0.3) is 0 Å². The van der Waals surface area contributed by atoms with E-state index in [2.05, 4.69) is 4.72 Å². The lowest BCUT2D eigenvalue weighted by molar-refractivity contribution is -0.139. The topological polar surface area (TPSA) is 92.8 Å². The molecule has 2 aromatic carbocycles. The molecule has 1 aliphatic rings. The van der Waals surface area contributed by atoms with E-state index in [-0.39, 0.29) is 19.0 Å². The minimum Gasteiger partial charge on any atom is -0.488 e. The molecule has 0 saturated carbocycles. The number of rotatable bonds is 7. The van der Waals surface area contributed by atoms with Crippen LogP contribution in [0.5, 0.6) is 5.75 Å². The van der Waals surface area contributed by atoms with E-state index in [1.54, 1.807) is 18.2 Å². The lowest BCUT2D eigenvalue weighted by Gasteiger charge is -2.19. The third-order valence-electron chi connectivity index (χ3n) is 5.32. The summed E-state index contributed by atoms with van der Waals surface area (Å²) >= 11 is 0.544. The molecule has 0 amide bonds. The van der Waals surface area contributed by atoms with E-state index in [9.17, 15) is 30.0 Å². The fourth-order valence-electron chi connectivity index (χ4n) is 3.60. The first-order chi connectivity index (χ1) is 16.4. The van der Waals surface area contributed by atoms with Crippen molar-refractivity contribution < 1.29 is 34.7 Å². The second kappa shape index (κ2) is 9.45. The van der Waals surface area contributed by atoms with Crippen LogP contribution in [0.1, 0.15) is 12.0 Å². The van der Waals surface area contributed by atoms with Gasteiger partial charge in [0.25, 0.3) is 10.0 Å². The highest BCUT2D eigenvalue weighted by atomic mass is 32.3. The van der Waals surface area contributed by atoms with Crippen LogP contribution in [-0.4, -0.2) is 48.0 Å². The lowest BCUT2D eigenvalue weighted by Crippen LogP contribution is -2.23. The van der Waals surface area contributed by atoms with Gasteiger partial charge in [0.15, 0.2) is 0 Å². The fourth-order valence-corrected chi connectivity index (χ4v) is 7.84. The second-order valence-electron chi connectivity index (χ2n) is 7.99. The molecule has 0 bridgehead atoms. The van der Waals surface area contributed by atoms with Gasteiger partial charge in [0.05, 0.1) is 16.1 Å². The van der Waals surface area contributed by atoms with Gasteiger partial charge in [-0.1, -0.05) is 18.2 Å². The molecule has 1 N–H and O–H groups in total. The molecular formula is C22H21F3N2O5S3. The molecule has 1 aromatic heterocycles. The van der Waals surface area contributed by atoms with Gasteiger partial charge in [-0.2, -0.15) is 13.2 Å². The average molecular weight is 547 g/mol. The van der Waals surface area contributed by atoms with E-state index < -0.39 is 43.5 Å². The number of sulfone groups is 1. The van der Waals surface area contributed by atoms with Crippen LogP contribution < -0.4 is 9.46 Å². The molecule has 4 rings (SSSR count). The van der Waals surface area contributed by atoms with Crippen molar-refractivity contribution in [1.29, 1.82) is 0 Å². The van der Waals surface area contributed by atoms with Crippen molar-refractivity contribution >= 4 is 36.9 Å². The maximum Gasteiger partial charge on any atom is 0.419 e. The molecule has 1 saturated heterocycles. The van der Waals surface area contributed by atoms with Crippen LogP contribution in [0, 0.1) is 0 Å². The normalized spacial score (nSPS) is 17.4. The average Bonchev–Trinajstić information content (AvgIpc) is 3.44. The number of nitrogens with zero attached hydrogens (tertiary/aromatic N) is 1. The fraction of sp³-hybridized carbons (Fsp3) is 0.273. The molecule has 0 spiro atoms. The first-order valence-electron chi connectivity index (χ1n) is 10.4. The molecule has 3 aromatic rings. The minimum absolute atomic E-state index is 0.0147. The molecule has 35 heavy (non-hydrogen) atoms. The second-order valence-corrected chi connectivity index (χ2v) is 13.2. The number of halogens is 3. The number of hydrogen-bond donors (Lipinski definition) is 1. The van der Waals surface area contributed by atoms with Crippen LogP contribution >= 0.6 is 11.3 Å². The van der Waals surface area contributed by atoms with Gasteiger partial charge in [0, 0.05) is 19.2 Å². The summed E-state index contributed by atoms with van der Waals surface area (Å²) in [6.07, 6.45) is -4.61. The van der Waals surface area contributed by atoms with Crippen LogP contribution in [0.4, 0.5) is 18.9 Å². The van der Waals surface area contributed by atoms with Crippen LogP contribution in [0.3, 0.4) is 0 Å². The summed E-state index contributed by atoms with van der Waals surface area (Å²) in [5.41, 5.74) is -1.15. The molecule has 1 fully saturated rings. The molecular weight excluding hydrogens is 525 g/mol. The number of benzene rings is 2. The third-order valence-corrected chi connectivity index (χ3v) is 10.5. The molecule has 1 atom stereocenters. The highest BCUT2D eigenvalue weighted by Gasteiger charge is 2.36. The van der Waals surface area contributed by atoms with E-state index in [4.69, 9.17) is 4.74 Å². The van der Waals surface area contributed by atoms with Gasteiger partial charge in [-0.3, -0.25) is 4.72 Å². The van der Waals surface area contributed by atoms with Gasteiger partial charge in [0.2, 0.25) is 9.84 Å². The van der Waals surface area contributed by atoms with Crippen molar-refractivity contribution in [3.63, 3.8) is 0 Å². The number of anilines is 1. The quantitative estimate of drug-likeness (QED) is 0.470. The van der Waals surface area contributed by atoms with Gasteiger partial charge in [-0.15, -0.1) is 11.3 Å². The maximum absolute atomic E-state index is 13.5. The van der Waals surface area contributed by atoms with E-state index >= 15 is 0 Å². The van der Waals surface area contributed by atoms with Crippen LogP contribution in [0.15, 0.2) is 74.0 Å². The van der Waals surface area contributed by atoms with Crippen molar-refractivity contribution in [2.45, 2.75) is 32.0 Å². The van der Waals surface area contributed by atoms with E-state index in [1.165, 1.54) is 18.2 Å². The maximum atomic E-state index is 13.5. The molecule has 2 heterocycles. The largest absolute Gasteiger partial charge is 0.488 e. The van der Waals surface area contributed by atoms with Gasteiger partial charge in [0.1, 0.15) is 20.3 Å². The van der Waals surface area contributed by atoms with E-state index in [0.717, 1.165) is 24.3 Å². The Morgan fingerprint density at radius 2 is 1.69 bits per heavy atom. The third kappa shape index (κ3) is 5.63. The minimum atomic E-state index is -4.69. The van der Waals surface area contributed by atoms with Gasteiger partial charge < -0.3 is 9.64 Å². The smallest absolute Gasteiger partial charge is 0.419 e. The first kappa shape index (κ1) is 25.5. The summed E-state index contributed by atoms with van der Waals surface area (Å²) in [4.78, 5) is 1.93. The predicted octanol–water partition coefficient (Wildman–Crippen LogP) is 4.48. The lowest BCUT2D eigenvalue weighted by atomic mass is 10.1. The summed E-state index contributed by atoms with van der Waals surface area (Å²) in [5.74, 6) is -0.475. The zero-order valence-corrected chi connectivity index (χ0v) is 20.8. The SMILES string of the molecule is CN1CCC(Oc2cc(NS(=O)(=O)c3ccc(S(=O)(=O)c4ccccc4)s3)ccc2C(F)(F)F)C1. The molecule has 0 radical (unpaired) electrons. The highest BCUT2D eigenvalue weighted by Crippen LogP contribution is 2.39. The zero-order valence-electron chi connectivity index (χ0n) is 18.3. The summed E-state index contributed by atoms with van der Waals surface area (Å²) in [7, 11) is -6.37. The number of sulfonamides is 1. The van der Waals surface area contributed by atoms with Gasteiger partial charge in [-0.05, 0) is 49.9 Å². The standard InChI is InChI=1S/C22H21F3N2O5S3/c1-27-12-11-16(14-27)32-19-13-15(7-8-18(19)22(23,24)25)26-35(30,31)21-10-9-20(33-21)34(28,29)17-5-3-2-4-6-17/h2-10,13,16,26H,11-12,14H2,1H3. The van der Waals surface area contributed by atoms with Crippen LogP contribution in [0.2, 0.25) is 0 Å². The summed E-state index contributed by atoms with van der Waals surface area (Å²) in [6.45, 7) is 1.12. The number of thiophene rings is 1. The predicted molar refractivity (Wildman–Crippen MR) is 125 cm³/mol. The Balaban J connectivity index is 1.61. The number of ether oxygens (including phenoxy) is 1. The monoisotopic (exact) mass is 546 g/mol. The Bertz CT molecular complexity index is 1420. The van der Waals surface area contributed by atoms with Crippen molar-refractivity contribution in [1.82, 2.24) is 4.90 Å². The Labute approximate surface area is 205 Å². The first-order valence-corrected chi connectivity index (χ1v) is 14.1. The Morgan fingerprint density at radius 1 is 1.00 bits per heavy atom. The number of alkyl halides is 3. The molecule has 188 valence electrons. The Kier molecular flexibility index (Phi) is 6.88. The molecule has 13 heteroatoms. The molecule has 1 aliphatic heterocycles. The van der Waals surface area contributed by atoms with Crippen molar-refractivity contribution in [3.05, 3.63) is 66.2 Å². The zero-order chi connectivity index (χ0) is 25.4.